The third-order valence-electron chi connectivity index (χ3n) is 3.16. The van der Waals surface area contributed by atoms with Crippen LogP contribution in [0.3, 0.4) is 0 Å². The average Bonchev–Trinajstić information content (AvgIpc) is 2.88. The van der Waals surface area contributed by atoms with Crippen LogP contribution in [0.15, 0.2) is 64.2 Å². The summed E-state index contributed by atoms with van der Waals surface area (Å²) in [5.74, 6) is 1.76. The van der Waals surface area contributed by atoms with Crippen LogP contribution < -0.4 is 0 Å². The fourth-order valence-electron chi connectivity index (χ4n) is 2.04. The zero-order chi connectivity index (χ0) is 14.7. The van der Waals surface area contributed by atoms with E-state index in [4.69, 9.17) is 0 Å². The van der Waals surface area contributed by atoms with E-state index in [0.29, 0.717) is 0 Å². The maximum atomic E-state index is 4.32. The van der Waals surface area contributed by atoms with Crippen molar-refractivity contribution in [3.63, 3.8) is 0 Å². The van der Waals surface area contributed by atoms with Crippen LogP contribution >= 0.6 is 27.7 Å². The standard InChI is InChI=1S/C16H14BrN3S/c1-20-15(13-9-5-6-10-14(13)17)18-19-16(20)21-11-12-7-3-2-4-8-12/h2-10H,11H2,1H3. The number of aromatic nitrogens is 3. The SMILES string of the molecule is Cn1c(SCc2ccccc2)nnc1-c1ccccc1Br. The zero-order valence-electron chi connectivity index (χ0n) is 11.5. The molecule has 5 heteroatoms. The predicted octanol–water partition coefficient (Wildman–Crippen LogP) is 4.54. The van der Waals surface area contributed by atoms with Crippen molar-refractivity contribution in [3.05, 3.63) is 64.6 Å². The van der Waals surface area contributed by atoms with Gasteiger partial charge < -0.3 is 4.57 Å². The summed E-state index contributed by atoms with van der Waals surface area (Å²) in [6, 6.07) is 18.4. The van der Waals surface area contributed by atoms with Gasteiger partial charge >= 0.3 is 0 Å². The lowest BCUT2D eigenvalue weighted by atomic mass is 10.2. The molecule has 3 aromatic rings. The van der Waals surface area contributed by atoms with Crippen molar-refractivity contribution in [1.29, 1.82) is 0 Å². The molecule has 0 spiro atoms. The maximum absolute atomic E-state index is 4.32. The van der Waals surface area contributed by atoms with Gasteiger partial charge in [-0.25, -0.2) is 0 Å². The van der Waals surface area contributed by atoms with E-state index in [1.54, 1.807) is 11.8 Å². The first-order valence-corrected chi connectivity index (χ1v) is 8.34. The van der Waals surface area contributed by atoms with E-state index < -0.39 is 0 Å². The second-order valence-corrected chi connectivity index (χ2v) is 6.42. The second kappa shape index (κ2) is 6.45. The molecule has 0 bridgehead atoms. The van der Waals surface area contributed by atoms with E-state index in [9.17, 15) is 0 Å². The molecule has 0 saturated heterocycles. The Kier molecular flexibility index (Phi) is 4.41. The van der Waals surface area contributed by atoms with E-state index in [1.807, 2.05) is 41.9 Å². The number of nitrogens with zero attached hydrogens (tertiary/aromatic N) is 3. The van der Waals surface area contributed by atoms with Crippen LogP contribution in [0.2, 0.25) is 0 Å². The van der Waals surface area contributed by atoms with Gasteiger partial charge in [0.1, 0.15) is 0 Å². The number of thioether (sulfide) groups is 1. The summed E-state index contributed by atoms with van der Waals surface area (Å²) in [6.45, 7) is 0. The first-order valence-electron chi connectivity index (χ1n) is 6.57. The normalized spacial score (nSPS) is 10.8. The van der Waals surface area contributed by atoms with Crippen LogP contribution in [0.25, 0.3) is 11.4 Å². The maximum Gasteiger partial charge on any atom is 0.191 e. The molecule has 0 N–H and O–H groups in total. The zero-order valence-corrected chi connectivity index (χ0v) is 13.9. The van der Waals surface area contributed by atoms with E-state index in [2.05, 4.69) is 50.4 Å². The smallest absolute Gasteiger partial charge is 0.191 e. The molecule has 106 valence electrons. The number of rotatable bonds is 4. The van der Waals surface area contributed by atoms with Gasteiger partial charge in [0.25, 0.3) is 0 Å². The highest BCUT2D eigenvalue weighted by molar-refractivity contribution is 9.10. The Morgan fingerprint density at radius 2 is 1.71 bits per heavy atom. The topological polar surface area (TPSA) is 30.7 Å². The highest BCUT2D eigenvalue weighted by Crippen LogP contribution is 2.29. The largest absolute Gasteiger partial charge is 0.305 e. The van der Waals surface area contributed by atoms with E-state index in [1.165, 1.54) is 5.56 Å². The highest BCUT2D eigenvalue weighted by atomic mass is 79.9. The van der Waals surface area contributed by atoms with E-state index in [0.717, 1.165) is 26.8 Å². The highest BCUT2D eigenvalue weighted by Gasteiger charge is 2.13. The third kappa shape index (κ3) is 3.19. The summed E-state index contributed by atoms with van der Waals surface area (Å²) >= 11 is 5.26. The van der Waals surface area contributed by atoms with Crippen molar-refractivity contribution in [3.8, 4) is 11.4 Å². The first kappa shape index (κ1) is 14.4. The van der Waals surface area contributed by atoms with Gasteiger partial charge in [-0.05, 0) is 11.6 Å². The fourth-order valence-corrected chi connectivity index (χ4v) is 3.37. The summed E-state index contributed by atoms with van der Waals surface area (Å²) in [5.41, 5.74) is 2.34. The van der Waals surface area contributed by atoms with Gasteiger partial charge in [0.2, 0.25) is 0 Å². The lowest BCUT2D eigenvalue weighted by Gasteiger charge is -2.05. The summed E-state index contributed by atoms with van der Waals surface area (Å²) in [4.78, 5) is 0. The van der Waals surface area contributed by atoms with Crippen LogP contribution in [0.4, 0.5) is 0 Å². The van der Waals surface area contributed by atoms with Crippen molar-refractivity contribution in [2.45, 2.75) is 10.9 Å². The summed E-state index contributed by atoms with van der Waals surface area (Å²) in [6.07, 6.45) is 0. The second-order valence-electron chi connectivity index (χ2n) is 4.62. The Morgan fingerprint density at radius 1 is 1.00 bits per heavy atom. The summed E-state index contributed by atoms with van der Waals surface area (Å²) < 4.78 is 3.06. The van der Waals surface area contributed by atoms with Gasteiger partial charge in [0.05, 0.1) is 0 Å². The molecule has 0 fully saturated rings. The molecule has 0 unspecified atom stereocenters. The molecule has 0 radical (unpaired) electrons. The number of hydrogen-bond acceptors (Lipinski definition) is 3. The van der Waals surface area contributed by atoms with Crippen molar-refractivity contribution in [2.75, 3.05) is 0 Å². The van der Waals surface area contributed by atoms with Crippen LogP contribution in [0.5, 0.6) is 0 Å². The molecule has 2 aromatic carbocycles. The molecule has 1 heterocycles. The lowest BCUT2D eigenvalue weighted by molar-refractivity contribution is 0.793. The Bertz CT molecular complexity index is 740. The molecular weight excluding hydrogens is 346 g/mol. The van der Waals surface area contributed by atoms with Crippen LogP contribution in [0.1, 0.15) is 5.56 Å². The van der Waals surface area contributed by atoms with Gasteiger partial charge in [-0.1, -0.05) is 76.2 Å². The van der Waals surface area contributed by atoms with Crippen molar-refractivity contribution in [2.24, 2.45) is 7.05 Å². The average molecular weight is 360 g/mol. The molecule has 0 aliphatic heterocycles. The Morgan fingerprint density at radius 3 is 2.48 bits per heavy atom. The monoisotopic (exact) mass is 359 g/mol. The van der Waals surface area contributed by atoms with Gasteiger partial charge in [0, 0.05) is 22.8 Å². The van der Waals surface area contributed by atoms with Crippen molar-refractivity contribution in [1.82, 2.24) is 14.8 Å². The van der Waals surface area contributed by atoms with Gasteiger partial charge in [-0.15, -0.1) is 10.2 Å². The predicted molar refractivity (Wildman–Crippen MR) is 90.1 cm³/mol. The quantitative estimate of drug-likeness (QED) is 0.640. The Labute approximate surface area is 136 Å². The molecule has 0 saturated carbocycles. The fraction of sp³-hybridized carbons (Fsp3) is 0.125. The molecule has 1 aromatic heterocycles. The van der Waals surface area contributed by atoms with Crippen molar-refractivity contribution < 1.29 is 0 Å². The van der Waals surface area contributed by atoms with Gasteiger partial charge in [0.15, 0.2) is 11.0 Å². The summed E-state index contributed by atoms with van der Waals surface area (Å²) in [7, 11) is 2.00. The van der Waals surface area contributed by atoms with Crippen molar-refractivity contribution >= 4 is 27.7 Å². The van der Waals surface area contributed by atoms with Gasteiger partial charge in [-0.3, -0.25) is 0 Å². The molecule has 3 nitrogen and oxygen atoms in total. The minimum atomic E-state index is 0.873. The third-order valence-corrected chi connectivity index (χ3v) is 4.94. The van der Waals surface area contributed by atoms with Crippen LogP contribution in [0, 0.1) is 0 Å². The van der Waals surface area contributed by atoms with Gasteiger partial charge in [-0.2, -0.15) is 0 Å². The molecule has 0 amide bonds. The van der Waals surface area contributed by atoms with E-state index in [-0.39, 0.29) is 0 Å². The number of benzene rings is 2. The number of hydrogen-bond donors (Lipinski definition) is 0. The van der Waals surface area contributed by atoms with Crippen LogP contribution in [-0.4, -0.2) is 14.8 Å². The first-order chi connectivity index (χ1) is 10.3. The Hall–Kier alpha value is -1.59. The van der Waals surface area contributed by atoms with Crippen LogP contribution in [-0.2, 0) is 12.8 Å². The molecule has 3 rings (SSSR count). The minimum absolute atomic E-state index is 0.873. The Balaban J connectivity index is 1.82. The molecule has 0 atom stereocenters. The molecular formula is C16H14BrN3S. The molecule has 0 aliphatic carbocycles. The molecule has 0 aliphatic rings. The summed E-state index contributed by atoms with van der Waals surface area (Å²) in [5, 5.41) is 9.55. The number of halogens is 1. The van der Waals surface area contributed by atoms with E-state index >= 15 is 0 Å². The molecule has 21 heavy (non-hydrogen) atoms. The lowest BCUT2D eigenvalue weighted by Crippen LogP contribution is -1.95. The minimum Gasteiger partial charge on any atom is -0.305 e.